The lowest BCUT2D eigenvalue weighted by Crippen LogP contribution is -2.36. The van der Waals surface area contributed by atoms with Gasteiger partial charge in [0.25, 0.3) is 0 Å². The van der Waals surface area contributed by atoms with Crippen LogP contribution in [0.5, 0.6) is 0 Å². The Morgan fingerprint density at radius 1 is 1.29 bits per heavy atom. The van der Waals surface area contributed by atoms with Gasteiger partial charge in [0.1, 0.15) is 0 Å². The number of aliphatic hydroxyl groups excluding tert-OH is 1. The number of hydrogen-bond acceptors (Lipinski definition) is 3. The Balaban J connectivity index is 2.01. The predicted octanol–water partition coefficient (Wildman–Crippen LogP) is 1.18. The molecular weight excluding hydrogens is 218 g/mol. The van der Waals surface area contributed by atoms with Crippen LogP contribution < -0.4 is 0 Å². The quantitative estimate of drug-likeness (QED) is 0.733. The first-order chi connectivity index (χ1) is 8.19. The van der Waals surface area contributed by atoms with Gasteiger partial charge in [0.05, 0.1) is 11.8 Å². The zero-order valence-electron chi connectivity index (χ0n) is 10.4. The molecule has 2 rings (SSSR count). The molecule has 4 nitrogen and oxygen atoms in total. The van der Waals surface area contributed by atoms with Crippen molar-refractivity contribution in [1.82, 2.24) is 4.90 Å². The van der Waals surface area contributed by atoms with Gasteiger partial charge in [-0.2, -0.15) is 0 Å². The second-order valence-corrected chi connectivity index (χ2v) is 5.22. The van der Waals surface area contributed by atoms with E-state index in [1.54, 1.807) is 0 Å². The van der Waals surface area contributed by atoms with Crippen molar-refractivity contribution in [2.24, 2.45) is 17.8 Å². The van der Waals surface area contributed by atoms with Crippen molar-refractivity contribution in [2.45, 2.75) is 39.0 Å². The van der Waals surface area contributed by atoms with Crippen molar-refractivity contribution in [2.75, 3.05) is 13.2 Å². The van der Waals surface area contributed by atoms with Gasteiger partial charge in [0.15, 0.2) is 0 Å². The lowest BCUT2D eigenvalue weighted by Gasteiger charge is -2.21. The minimum Gasteiger partial charge on any atom is -0.396 e. The molecule has 0 aromatic heterocycles. The van der Waals surface area contributed by atoms with Crippen LogP contribution in [0.3, 0.4) is 0 Å². The van der Waals surface area contributed by atoms with Crippen molar-refractivity contribution >= 4 is 11.8 Å². The minimum atomic E-state index is -0.0332. The van der Waals surface area contributed by atoms with Gasteiger partial charge in [-0.05, 0) is 25.2 Å². The van der Waals surface area contributed by atoms with Gasteiger partial charge in [-0.15, -0.1) is 0 Å². The van der Waals surface area contributed by atoms with Crippen molar-refractivity contribution in [3.63, 3.8) is 0 Å². The van der Waals surface area contributed by atoms with E-state index in [1.807, 2.05) is 6.92 Å². The molecule has 0 radical (unpaired) electrons. The van der Waals surface area contributed by atoms with Gasteiger partial charge >= 0.3 is 0 Å². The fourth-order valence-electron chi connectivity index (χ4n) is 3.11. The fraction of sp³-hybridized carbons (Fsp3) is 0.846. The third-order valence-corrected chi connectivity index (χ3v) is 4.24. The van der Waals surface area contributed by atoms with E-state index in [0.717, 1.165) is 25.7 Å². The zero-order chi connectivity index (χ0) is 12.4. The van der Waals surface area contributed by atoms with Crippen molar-refractivity contribution in [3.05, 3.63) is 0 Å². The zero-order valence-corrected chi connectivity index (χ0v) is 10.4. The summed E-state index contributed by atoms with van der Waals surface area (Å²) in [5.74, 6) is 0.248. The largest absolute Gasteiger partial charge is 0.396 e. The molecule has 0 spiro atoms. The van der Waals surface area contributed by atoms with Crippen LogP contribution in [0.1, 0.15) is 39.0 Å². The topological polar surface area (TPSA) is 57.6 Å². The highest BCUT2D eigenvalue weighted by molar-refractivity contribution is 6.05. The van der Waals surface area contributed by atoms with Crippen LogP contribution in [0, 0.1) is 17.8 Å². The Bertz CT molecular complexity index is 294. The van der Waals surface area contributed by atoms with E-state index < -0.39 is 0 Å². The van der Waals surface area contributed by atoms with E-state index in [-0.39, 0.29) is 36.2 Å². The third-order valence-electron chi connectivity index (χ3n) is 4.24. The van der Waals surface area contributed by atoms with Crippen molar-refractivity contribution < 1.29 is 14.7 Å². The molecule has 4 heteroatoms. The third kappa shape index (κ3) is 2.23. The Labute approximate surface area is 102 Å². The summed E-state index contributed by atoms with van der Waals surface area (Å²) in [5, 5.41) is 8.95. The first kappa shape index (κ1) is 12.6. The molecule has 1 heterocycles. The van der Waals surface area contributed by atoms with Gasteiger partial charge in [0.2, 0.25) is 11.8 Å². The number of aliphatic hydroxyl groups is 1. The molecule has 3 atom stereocenters. The van der Waals surface area contributed by atoms with Crippen LogP contribution in [0.2, 0.25) is 0 Å². The maximum Gasteiger partial charge on any atom is 0.233 e. The van der Waals surface area contributed by atoms with Gasteiger partial charge in [0, 0.05) is 13.2 Å². The summed E-state index contributed by atoms with van der Waals surface area (Å²) in [4.78, 5) is 25.6. The number of carbonyl (C=O) groups is 2. The van der Waals surface area contributed by atoms with E-state index in [4.69, 9.17) is 5.11 Å². The Morgan fingerprint density at radius 2 is 1.88 bits per heavy atom. The van der Waals surface area contributed by atoms with Crippen LogP contribution in [0.15, 0.2) is 0 Å². The molecule has 1 aliphatic heterocycles. The number of nitrogens with zero attached hydrogens (tertiary/aromatic N) is 1. The number of amides is 2. The monoisotopic (exact) mass is 239 g/mol. The summed E-state index contributed by atoms with van der Waals surface area (Å²) in [7, 11) is 0. The predicted molar refractivity (Wildman–Crippen MR) is 63.0 cm³/mol. The second kappa shape index (κ2) is 5.17. The van der Waals surface area contributed by atoms with E-state index in [9.17, 15) is 9.59 Å². The molecule has 17 heavy (non-hydrogen) atoms. The van der Waals surface area contributed by atoms with Gasteiger partial charge in [-0.25, -0.2) is 0 Å². The van der Waals surface area contributed by atoms with Gasteiger partial charge < -0.3 is 5.11 Å². The van der Waals surface area contributed by atoms with E-state index in [1.165, 1.54) is 4.90 Å². The summed E-state index contributed by atoms with van der Waals surface area (Å²) in [6, 6.07) is 0. The molecule has 2 fully saturated rings. The summed E-state index contributed by atoms with van der Waals surface area (Å²) in [5.41, 5.74) is 0. The summed E-state index contributed by atoms with van der Waals surface area (Å²) >= 11 is 0. The smallest absolute Gasteiger partial charge is 0.233 e. The number of fused-ring (bicyclic) bond motifs is 1. The number of imide groups is 1. The molecule has 2 amide bonds. The summed E-state index contributed by atoms with van der Waals surface area (Å²) in [6.07, 6.45) is 4.33. The van der Waals surface area contributed by atoms with Crippen LogP contribution in [-0.4, -0.2) is 35.0 Å². The molecule has 1 saturated carbocycles. The van der Waals surface area contributed by atoms with E-state index in [2.05, 4.69) is 0 Å². The minimum absolute atomic E-state index is 0.0332. The maximum atomic E-state index is 12.1. The normalized spacial score (nSPS) is 29.9. The Kier molecular flexibility index (Phi) is 3.82. The Morgan fingerprint density at radius 3 is 2.35 bits per heavy atom. The lowest BCUT2D eigenvalue weighted by atomic mass is 10.00. The van der Waals surface area contributed by atoms with Crippen LogP contribution >= 0.6 is 0 Å². The second-order valence-electron chi connectivity index (χ2n) is 5.22. The molecule has 0 aromatic carbocycles. The van der Waals surface area contributed by atoms with Crippen LogP contribution in [0.4, 0.5) is 0 Å². The molecule has 3 unspecified atom stereocenters. The van der Waals surface area contributed by atoms with Gasteiger partial charge in [-0.3, -0.25) is 14.5 Å². The molecule has 1 N–H and O–H groups in total. The average Bonchev–Trinajstić information content (AvgIpc) is 2.88. The first-order valence-electron chi connectivity index (χ1n) is 6.65. The van der Waals surface area contributed by atoms with Crippen molar-refractivity contribution in [1.29, 1.82) is 0 Å². The molecule has 0 aromatic rings. The molecule has 1 aliphatic carbocycles. The SMILES string of the molecule is CCC(CCO)CN1C(=O)C2CCCC2C1=O. The van der Waals surface area contributed by atoms with E-state index in [0.29, 0.717) is 13.0 Å². The molecule has 1 saturated heterocycles. The highest BCUT2D eigenvalue weighted by Crippen LogP contribution is 2.40. The molecule has 2 aliphatic rings. The van der Waals surface area contributed by atoms with E-state index >= 15 is 0 Å². The standard InChI is InChI=1S/C13H21NO3/c1-2-9(6-7-15)8-14-12(16)10-4-3-5-11(10)13(14)17/h9-11,15H,2-8H2,1H3. The maximum absolute atomic E-state index is 12.1. The lowest BCUT2D eigenvalue weighted by molar-refractivity contribution is -0.141. The number of likely N-dealkylation sites (tertiary alicyclic amines) is 1. The van der Waals surface area contributed by atoms with Crippen LogP contribution in [0.25, 0.3) is 0 Å². The fourth-order valence-corrected chi connectivity index (χ4v) is 3.11. The highest BCUT2D eigenvalue weighted by Gasteiger charge is 2.49. The number of hydrogen-bond donors (Lipinski definition) is 1. The molecule has 0 bridgehead atoms. The number of carbonyl (C=O) groups excluding carboxylic acids is 2. The summed E-state index contributed by atoms with van der Waals surface area (Å²) < 4.78 is 0. The highest BCUT2D eigenvalue weighted by atomic mass is 16.3. The first-order valence-corrected chi connectivity index (χ1v) is 6.65. The number of rotatable bonds is 5. The Hall–Kier alpha value is -0.900. The van der Waals surface area contributed by atoms with Crippen molar-refractivity contribution in [3.8, 4) is 0 Å². The molecular formula is C13H21NO3. The average molecular weight is 239 g/mol. The molecule has 96 valence electrons. The van der Waals surface area contributed by atoms with Gasteiger partial charge in [-0.1, -0.05) is 19.8 Å². The summed E-state index contributed by atoms with van der Waals surface area (Å²) in [6.45, 7) is 2.66. The van der Waals surface area contributed by atoms with Crippen LogP contribution in [-0.2, 0) is 9.59 Å².